The van der Waals surface area contributed by atoms with Gasteiger partial charge in [0, 0.05) is 12.5 Å². The van der Waals surface area contributed by atoms with E-state index < -0.39 is 0 Å². The fourth-order valence-electron chi connectivity index (χ4n) is 2.40. The van der Waals surface area contributed by atoms with Gasteiger partial charge in [0.2, 0.25) is 5.91 Å². The zero-order valence-corrected chi connectivity index (χ0v) is 10.7. The minimum atomic E-state index is 0.194. The molecule has 3 nitrogen and oxygen atoms in total. The molecule has 0 aliphatic heterocycles. The Kier molecular flexibility index (Phi) is 5.81. The van der Waals surface area contributed by atoms with E-state index in [-0.39, 0.29) is 5.91 Å². The first-order chi connectivity index (χ1) is 7.63. The second-order valence-electron chi connectivity index (χ2n) is 5.28. The lowest BCUT2D eigenvalue weighted by Crippen LogP contribution is -2.37. The van der Waals surface area contributed by atoms with Crippen LogP contribution < -0.4 is 11.1 Å². The summed E-state index contributed by atoms with van der Waals surface area (Å²) in [5, 5.41) is 3.12. The van der Waals surface area contributed by atoms with Crippen molar-refractivity contribution in [3.8, 4) is 0 Å². The summed E-state index contributed by atoms with van der Waals surface area (Å²) in [6.45, 7) is 4.90. The van der Waals surface area contributed by atoms with Gasteiger partial charge in [-0.15, -0.1) is 0 Å². The van der Waals surface area contributed by atoms with Crippen molar-refractivity contribution >= 4 is 5.91 Å². The molecular weight excluding hydrogens is 200 g/mol. The summed E-state index contributed by atoms with van der Waals surface area (Å²) in [5.74, 6) is 1.35. The highest BCUT2D eigenvalue weighted by molar-refractivity contribution is 5.76. The first-order valence-electron chi connectivity index (χ1n) is 6.63. The van der Waals surface area contributed by atoms with Crippen LogP contribution in [0.15, 0.2) is 0 Å². The highest BCUT2D eigenvalue weighted by Crippen LogP contribution is 2.27. The molecule has 1 fully saturated rings. The monoisotopic (exact) mass is 226 g/mol. The van der Waals surface area contributed by atoms with Crippen LogP contribution in [-0.4, -0.2) is 18.5 Å². The predicted octanol–water partition coefficient (Wildman–Crippen LogP) is 2.06. The van der Waals surface area contributed by atoms with E-state index in [2.05, 4.69) is 19.2 Å². The molecule has 1 rings (SSSR count). The van der Waals surface area contributed by atoms with Crippen molar-refractivity contribution in [2.75, 3.05) is 6.54 Å². The van der Waals surface area contributed by atoms with E-state index in [0.29, 0.717) is 30.8 Å². The summed E-state index contributed by atoms with van der Waals surface area (Å²) >= 11 is 0. The van der Waals surface area contributed by atoms with E-state index >= 15 is 0 Å². The summed E-state index contributed by atoms with van der Waals surface area (Å²) in [4.78, 5) is 11.7. The molecule has 1 saturated carbocycles. The van der Waals surface area contributed by atoms with Crippen molar-refractivity contribution in [2.24, 2.45) is 17.6 Å². The van der Waals surface area contributed by atoms with Gasteiger partial charge in [0.1, 0.15) is 0 Å². The van der Waals surface area contributed by atoms with Gasteiger partial charge in [0.15, 0.2) is 0 Å². The predicted molar refractivity (Wildman–Crippen MR) is 67.0 cm³/mol. The Morgan fingerprint density at radius 1 is 1.38 bits per heavy atom. The molecular formula is C13H26N2O. The molecule has 1 amide bonds. The highest BCUT2D eigenvalue weighted by Gasteiger charge is 2.22. The Labute approximate surface area is 99.2 Å². The third kappa shape index (κ3) is 4.52. The van der Waals surface area contributed by atoms with Crippen LogP contribution in [0.2, 0.25) is 0 Å². The molecule has 0 saturated heterocycles. The number of carbonyl (C=O) groups excluding carboxylic acids is 1. The summed E-state index contributed by atoms with van der Waals surface area (Å²) in [6.07, 6.45) is 6.74. The number of hydrogen-bond donors (Lipinski definition) is 2. The zero-order chi connectivity index (χ0) is 12.0. The maximum absolute atomic E-state index is 11.7. The van der Waals surface area contributed by atoms with E-state index in [1.54, 1.807) is 0 Å². The number of amides is 1. The van der Waals surface area contributed by atoms with Crippen molar-refractivity contribution in [1.82, 2.24) is 5.32 Å². The van der Waals surface area contributed by atoms with Crippen LogP contribution in [0.4, 0.5) is 0 Å². The highest BCUT2D eigenvalue weighted by atomic mass is 16.1. The van der Waals surface area contributed by atoms with Gasteiger partial charge >= 0.3 is 0 Å². The summed E-state index contributed by atoms with van der Waals surface area (Å²) in [7, 11) is 0. The van der Waals surface area contributed by atoms with Crippen molar-refractivity contribution in [1.29, 1.82) is 0 Å². The Morgan fingerprint density at radius 3 is 2.56 bits per heavy atom. The van der Waals surface area contributed by atoms with E-state index in [4.69, 9.17) is 5.73 Å². The molecule has 0 bridgehead atoms. The second kappa shape index (κ2) is 6.89. The minimum Gasteiger partial charge on any atom is -0.353 e. The van der Waals surface area contributed by atoms with E-state index in [1.807, 2.05) is 0 Å². The molecule has 0 aromatic rings. The molecule has 2 atom stereocenters. The number of rotatable bonds is 6. The van der Waals surface area contributed by atoms with Crippen LogP contribution in [0.25, 0.3) is 0 Å². The summed E-state index contributed by atoms with van der Waals surface area (Å²) in [5.41, 5.74) is 5.53. The Bertz CT molecular complexity index is 212. The van der Waals surface area contributed by atoms with Crippen LogP contribution in [0.5, 0.6) is 0 Å². The molecule has 0 heterocycles. The molecule has 1 aliphatic carbocycles. The first-order valence-corrected chi connectivity index (χ1v) is 6.63. The van der Waals surface area contributed by atoms with Crippen LogP contribution in [0, 0.1) is 11.8 Å². The van der Waals surface area contributed by atoms with E-state index in [1.165, 1.54) is 25.7 Å². The molecule has 94 valence electrons. The number of nitrogens with one attached hydrogen (secondary N) is 1. The van der Waals surface area contributed by atoms with Crippen LogP contribution >= 0.6 is 0 Å². The lowest BCUT2D eigenvalue weighted by Gasteiger charge is -2.20. The van der Waals surface area contributed by atoms with Gasteiger partial charge in [-0.05, 0) is 44.6 Å². The minimum absolute atomic E-state index is 0.194. The fraction of sp³-hybridized carbons (Fsp3) is 0.923. The van der Waals surface area contributed by atoms with Crippen molar-refractivity contribution in [3.63, 3.8) is 0 Å². The molecule has 3 heteroatoms. The molecule has 1 unspecified atom stereocenters. The maximum atomic E-state index is 11.7. The number of carbonyl (C=O) groups is 1. The standard InChI is InChI=1S/C13H26N2O/c1-10(9-14)7-8-13(16)15-11(2)12-5-3-4-6-12/h10-12H,3-9,14H2,1-2H3,(H,15,16)/t10?,11-/m1/s1. The van der Waals surface area contributed by atoms with E-state index in [9.17, 15) is 4.79 Å². The van der Waals surface area contributed by atoms with E-state index in [0.717, 1.165) is 6.42 Å². The summed E-state index contributed by atoms with van der Waals surface area (Å²) in [6, 6.07) is 0.350. The smallest absolute Gasteiger partial charge is 0.220 e. The molecule has 3 N–H and O–H groups in total. The largest absolute Gasteiger partial charge is 0.353 e. The quantitative estimate of drug-likeness (QED) is 0.728. The molecule has 0 aromatic heterocycles. The topological polar surface area (TPSA) is 55.1 Å². The van der Waals surface area contributed by atoms with Gasteiger partial charge in [0.25, 0.3) is 0 Å². The van der Waals surface area contributed by atoms with Gasteiger partial charge in [-0.2, -0.15) is 0 Å². The Balaban J connectivity index is 2.17. The number of hydrogen-bond acceptors (Lipinski definition) is 2. The van der Waals surface area contributed by atoms with Crippen molar-refractivity contribution in [2.45, 2.75) is 58.4 Å². The molecule has 1 aliphatic rings. The van der Waals surface area contributed by atoms with Crippen LogP contribution in [-0.2, 0) is 4.79 Å². The average molecular weight is 226 g/mol. The first kappa shape index (κ1) is 13.5. The van der Waals surface area contributed by atoms with Gasteiger partial charge in [-0.1, -0.05) is 19.8 Å². The normalized spacial score (nSPS) is 20.7. The lowest BCUT2D eigenvalue weighted by atomic mass is 9.99. The Hall–Kier alpha value is -0.570. The van der Waals surface area contributed by atoms with Crippen molar-refractivity contribution in [3.05, 3.63) is 0 Å². The van der Waals surface area contributed by atoms with Crippen LogP contribution in [0.1, 0.15) is 52.4 Å². The SMILES string of the molecule is CC(CN)CCC(=O)N[C@H](C)C1CCCC1. The average Bonchev–Trinajstić information content (AvgIpc) is 2.79. The third-order valence-corrected chi connectivity index (χ3v) is 3.76. The maximum Gasteiger partial charge on any atom is 0.220 e. The molecule has 16 heavy (non-hydrogen) atoms. The molecule has 0 radical (unpaired) electrons. The number of nitrogens with two attached hydrogens (primary N) is 1. The summed E-state index contributed by atoms with van der Waals surface area (Å²) < 4.78 is 0. The zero-order valence-electron chi connectivity index (χ0n) is 10.7. The second-order valence-corrected chi connectivity index (χ2v) is 5.28. The fourth-order valence-corrected chi connectivity index (χ4v) is 2.40. The van der Waals surface area contributed by atoms with Gasteiger partial charge in [-0.25, -0.2) is 0 Å². The van der Waals surface area contributed by atoms with Crippen molar-refractivity contribution < 1.29 is 4.79 Å². The third-order valence-electron chi connectivity index (χ3n) is 3.76. The molecule has 0 spiro atoms. The lowest BCUT2D eigenvalue weighted by molar-refractivity contribution is -0.122. The van der Waals surface area contributed by atoms with Gasteiger partial charge in [0.05, 0.1) is 0 Å². The van der Waals surface area contributed by atoms with Gasteiger partial charge in [-0.3, -0.25) is 4.79 Å². The molecule has 0 aromatic carbocycles. The van der Waals surface area contributed by atoms with Gasteiger partial charge < -0.3 is 11.1 Å². The Morgan fingerprint density at radius 2 is 2.00 bits per heavy atom. The van der Waals surface area contributed by atoms with Crippen LogP contribution in [0.3, 0.4) is 0 Å².